The maximum atomic E-state index is 10.6. The first kappa shape index (κ1) is 11.4. The highest BCUT2D eigenvalue weighted by Gasteiger charge is 1.95. The van der Waals surface area contributed by atoms with E-state index in [1.54, 1.807) is 7.05 Å². The van der Waals surface area contributed by atoms with Crippen LogP contribution in [0, 0.1) is 0 Å². The molecule has 0 aromatic carbocycles. The van der Waals surface area contributed by atoms with E-state index < -0.39 is 0 Å². The van der Waals surface area contributed by atoms with Crippen LogP contribution in [-0.2, 0) is 14.3 Å². The summed E-state index contributed by atoms with van der Waals surface area (Å²) in [6, 6.07) is 0. The lowest BCUT2D eigenvalue weighted by molar-refractivity contribution is -0.125. The van der Waals surface area contributed by atoms with Gasteiger partial charge in [0.25, 0.3) is 0 Å². The number of carbonyl (C=O) groups excluding carboxylic acids is 1. The van der Waals surface area contributed by atoms with E-state index in [1.165, 1.54) is 0 Å². The average Bonchev–Trinajstić information content (AvgIpc) is 2.10. The molecule has 0 aliphatic heterocycles. The van der Waals surface area contributed by atoms with Crippen molar-refractivity contribution >= 4 is 5.91 Å². The van der Waals surface area contributed by atoms with E-state index in [0.29, 0.717) is 19.8 Å². The number of aliphatic hydroxyl groups excluding tert-OH is 1. The molecule has 0 aromatic rings. The summed E-state index contributed by atoms with van der Waals surface area (Å²) in [5.41, 5.74) is 0. The van der Waals surface area contributed by atoms with Crippen molar-refractivity contribution in [3.05, 3.63) is 0 Å². The highest BCUT2D eigenvalue weighted by Crippen LogP contribution is 1.77. The molecule has 72 valence electrons. The number of ether oxygens (including phenoxy) is 2. The van der Waals surface area contributed by atoms with Gasteiger partial charge < -0.3 is 19.9 Å². The average molecular weight is 177 g/mol. The molecule has 0 bridgehead atoms. The van der Waals surface area contributed by atoms with Gasteiger partial charge in [-0.1, -0.05) is 0 Å². The van der Waals surface area contributed by atoms with Crippen molar-refractivity contribution in [1.82, 2.24) is 5.32 Å². The summed E-state index contributed by atoms with van der Waals surface area (Å²) < 4.78 is 9.81. The van der Waals surface area contributed by atoms with E-state index in [1.807, 2.05) is 0 Å². The first-order chi connectivity index (χ1) is 5.81. The van der Waals surface area contributed by atoms with Crippen LogP contribution in [0.3, 0.4) is 0 Å². The molecule has 0 radical (unpaired) electrons. The molecule has 0 aliphatic rings. The van der Waals surface area contributed by atoms with Crippen LogP contribution >= 0.6 is 0 Å². The third-order valence-corrected chi connectivity index (χ3v) is 1.12. The summed E-state index contributed by atoms with van der Waals surface area (Å²) in [6.45, 7) is 1.14. The SMILES string of the molecule is CNC(=O)COCCOCCO. The number of hydrogen-bond acceptors (Lipinski definition) is 4. The van der Waals surface area contributed by atoms with Gasteiger partial charge in [-0.05, 0) is 0 Å². The van der Waals surface area contributed by atoms with Crippen LogP contribution < -0.4 is 5.32 Å². The van der Waals surface area contributed by atoms with Crippen molar-refractivity contribution in [2.24, 2.45) is 0 Å². The zero-order chi connectivity index (χ0) is 9.23. The number of carbonyl (C=O) groups is 1. The van der Waals surface area contributed by atoms with Gasteiger partial charge in [0.15, 0.2) is 0 Å². The zero-order valence-corrected chi connectivity index (χ0v) is 7.21. The molecule has 0 fully saturated rings. The molecule has 0 aromatic heterocycles. The first-order valence-electron chi connectivity index (χ1n) is 3.78. The molecular weight excluding hydrogens is 162 g/mol. The van der Waals surface area contributed by atoms with Crippen LogP contribution in [0.1, 0.15) is 0 Å². The Morgan fingerprint density at radius 3 is 2.58 bits per heavy atom. The molecule has 0 unspecified atom stereocenters. The predicted molar refractivity (Wildman–Crippen MR) is 42.8 cm³/mol. The van der Waals surface area contributed by atoms with Gasteiger partial charge in [-0.3, -0.25) is 4.79 Å². The third-order valence-electron chi connectivity index (χ3n) is 1.12. The van der Waals surface area contributed by atoms with Gasteiger partial charge in [0.2, 0.25) is 5.91 Å². The fourth-order valence-electron chi connectivity index (χ4n) is 0.521. The van der Waals surface area contributed by atoms with Crippen molar-refractivity contribution in [2.75, 3.05) is 40.1 Å². The van der Waals surface area contributed by atoms with Crippen LogP contribution in [0.2, 0.25) is 0 Å². The zero-order valence-electron chi connectivity index (χ0n) is 7.21. The van der Waals surface area contributed by atoms with E-state index in [0.717, 1.165) is 0 Å². The van der Waals surface area contributed by atoms with Crippen molar-refractivity contribution in [1.29, 1.82) is 0 Å². The fraction of sp³-hybridized carbons (Fsp3) is 0.857. The monoisotopic (exact) mass is 177 g/mol. The minimum absolute atomic E-state index is 0.00937. The van der Waals surface area contributed by atoms with Gasteiger partial charge in [0.1, 0.15) is 6.61 Å². The fourth-order valence-corrected chi connectivity index (χ4v) is 0.521. The number of likely N-dealkylation sites (N-methyl/N-ethyl adjacent to an activating group) is 1. The Balaban J connectivity index is 2.95. The summed E-state index contributed by atoms with van der Waals surface area (Å²) in [7, 11) is 1.55. The van der Waals surface area contributed by atoms with Gasteiger partial charge in [-0.15, -0.1) is 0 Å². The Hall–Kier alpha value is -0.650. The lowest BCUT2D eigenvalue weighted by Crippen LogP contribution is -2.24. The largest absolute Gasteiger partial charge is 0.394 e. The van der Waals surface area contributed by atoms with Crippen LogP contribution in [0.25, 0.3) is 0 Å². The van der Waals surface area contributed by atoms with Crippen molar-refractivity contribution in [3.63, 3.8) is 0 Å². The van der Waals surface area contributed by atoms with Crippen molar-refractivity contribution in [2.45, 2.75) is 0 Å². The molecule has 5 nitrogen and oxygen atoms in total. The highest BCUT2D eigenvalue weighted by molar-refractivity contribution is 5.76. The van der Waals surface area contributed by atoms with Gasteiger partial charge in [-0.25, -0.2) is 0 Å². The molecule has 12 heavy (non-hydrogen) atoms. The second-order valence-electron chi connectivity index (χ2n) is 2.06. The molecule has 0 atom stereocenters. The van der Waals surface area contributed by atoms with Crippen molar-refractivity contribution < 1.29 is 19.4 Å². The summed E-state index contributed by atoms with van der Waals surface area (Å²) >= 11 is 0. The molecule has 1 amide bonds. The summed E-state index contributed by atoms with van der Waals surface area (Å²) in [5, 5.41) is 10.7. The second-order valence-corrected chi connectivity index (χ2v) is 2.06. The maximum absolute atomic E-state index is 10.6. The van der Waals surface area contributed by atoms with E-state index >= 15 is 0 Å². The number of rotatable bonds is 7. The van der Waals surface area contributed by atoms with Crippen LogP contribution in [0.5, 0.6) is 0 Å². The lowest BCUT2D eigenvalue weighted by Gasteiger charge is -2.03. The molecule has 0 saturated carbocycles. The quantitative estimate of drug-likeness (QED) is 0.477. The second kappa shape index (κ2) is 8.45. The van der Waals surface area contributed by atoms with Gasteiger partial charge in [0.05, 0.1) is 26.4 Å². The van der Waals surface area contributed by atoms with E-state index in [9.17, 15) is 4.79 Å². The summed E-state index contributed by atoms with van der Waals surface area (Å²) in [5.74, 6) is -0.155. The Kier molecular flexibility index (Phi) is 7.99. The minimum Gasteiger partial charge on any atom is -0.394 e. The molecule has 5 heteroatoms. The summed E-state index contributed by atoms with van der Waals surface area (Å²) in [4.78, 5) is 10.6. The number of hydrogen-bond donors (Lipinski definition) is 2. The first-order valence-corrected chi connectivity index (χ1v) is 3.78. The topological polar surface area (TPSA) is 67.8 Å². The van der Waals surface area contributed by atoms with Gasteiger partial charge in [0, 0.05) is 7.05 Å². The van der Waals surface area contributed by atoms with E-state index in [2.05, 4.69) is 5.32 Å². The molecule has 0 spiro atoms. The predicted octanol–water partition coefficient (Wildman–Crippen LogP) is -1.24. The van der Waals surface area contributed by atoms with Gasteiger partial charge >= 0.3 is 0 Å². The van der Waals surface area contributed by atoms with E-state index in [-0.39, 0.29) is 19.1 Å². The van der Waals surface area contributed by atoms with Crippen LogP contribution in [0.15, 0.2) is 0 Å². The van der Waals surface area contributed by atoms with Gasteiger partial charge in [-0.2, -0.15) is 0 Å². The molecular formula is C7H15NO4. The molecule has 0 saturated heterocycles. The molecule has 0 heterocycles. The Bertz CT molecular complexity index is 118. The number of nitrogens with one attached hydrogen (secondary N) is 1. The van der Waals surface area contributed by atoms with Crippen LogP contribution in [0.4, 0.5) is 0 Å². The normalized spacial score (nSPS) is 9.83. The van der Waals surface area contributed by atoms with E-state index in [4.69, 9.17) is 14.6 Å². The molecule has 2 N–H and O–H groups in total. The summed E-state index contributed by atoms with van der Waals surface area (Å²) in [6.07, 6.45) is 0. The Labute approximate surface area is 71.7 Å². The number of amides is 1. The Morgan fingerprint density at radius 2 is 2.00 bits per heavy atom. The maximum Gasteiger partial charge on any atom is 0.245 e. The highest BCUT2D eigenvalue weighted by atomic mass is 16.5. The standard InChI is InChI=1S/C7H15NO4/c1-8-7(10)6-12-5-4-11-3-2-9/h9H,2-6H2,1H3,(H,8,10). The van der Waals surface area contributed by atoms with Crippen molar-refractivity contribution in [3.8, 4) is 0 Å². The third kappa shape index (κ3) is 7.46. The molecule has 0 rings (SSSR count). The molecule has 0 aliphatic carbocycles. The van der Waals surface area contributed by atoms with Crippen LogP contribution in [-0.4, -0.2) is 51.1 Å². The number of aliphatic hydroxyl groups is 1. The Morgan fingerprint density at radius 1 is 1.33 bits per heavy atom. The minimum atomic E-state index is -0.155. The smallest absolute Gasteiger partial charge is 0.245 e. The lowest BCUT2D eigenvalue weighted by atomic mass is 10.6.